The fourth-order valence-corrected chi connectivity index (χ4v) is 2.31. The number of rotatable bonds is 3. The molecule has 1 heterocycles. The average Bonchev–Trinajstić information content (AvgIpc) is 2.26. The van der Waals surface area contributed by atoms with Gasteiger partial charge in [0.2, 0.25) is 5.91 Å². The highest BCUT2D eigenvalue weighted by atomic mass is 32.2. The van der Waals surface area contributed by atoms with E-state index in [4.69, 9.17) is 11.0 Å². The molecule has 90 valence electrons. The van der Waals surface area contributed by atoms with Gasteiger partial charge >= 0.3 is 0 Å². The maximum absolute atomic E-state index is 11.0. The molecule has 1 rings (SSSR count). The minimum absolute atomic E-state index is 0.392. The van der Waals surface area contributed by atoms with Gasteiger partial charge in [0, 0.05) is 5.69 Å². The zero-order valence-electron chi connectivity index (χ0n) is 10.4. The van der Waals surface area contributed by atoms with Crippen molar-refractivity contribution in [2.75, 3.05) is 0 Å². The first kappa shape index (κ1) is 13.5. The molecule has 0 spiro atoms. The Morgan fingerprint density at radius 3 is 2.47 bits per heavy atom. The van der Waals surface area contributed by atoms with Crippen molar-refractivity contribution < 1.29 is 4.79 Å². The zero-order chi connectivity index (χ0) is 13.2. The van der Waals surface area contributed by atoms with Crippen LogP contribution in [0, 0.1) is 32.1 Å². The largest absolute Gasteiger partial charge is 0.369 e. The highest BCUT2D eigenvalue weighted by Gasteiger charge is 2.17. The summed E-state index contributed by atoms with van der Waals surface area (Å²) in [5.41, 5.74) is 8.55. The summed E-state index contributed by atoms with van der Waals surface area (Å²) in [6, 6.07) is 2.14. The van der Waals surface area contributed by atoms with Crippen LogP contribution in [0.1, 0.15) is 29.3 Å². The number of aryl methyl sites for hydroxylation is 1. The SMILES string of the molecule is Cc1nc(SC(C)C(N)=O)c(C#N)c(C)c1C. The second kappa shape index (κ2) is 5.19. The van der Waals surface area contributed by atoms with Crippen LogP contribution in [0.2, 0.25) is 0 Å². The van der Waals surface area contributed by atoms with E-state index in [1.165, 1.54) is 11.8 Å². The van der Waals surface area contributed by atoms with Crippen LogP contribution in [0.3, 0.4) is 0 Å². The number of amides is 1. The van der Waals surface area contributed by atoms with Crippen molar-refractivity contribution in [3.63, 3.8) is 0 Å². The third-order valence-electron chi connectivity index (χ3n) is 2.76. The summed E-state index contributed by atoms with van der Waals surface area (Å²) in [6.45, 7) is 7.43. The Morgan fingerprint density at radius 2 is 2.00 bits per heavy atom. The van der Waals surface area contributed by atoms with Crippen LogP contribution in [-0.4, -0.2) is 16.1 Å². The zero-order valence-corrected chi connectivity index (χ0v) is 11.2. The van der Waals surface area contributed by atoms with Gasteiger partial charge in [0.25, 0.3) is 0 Å². The topological polar surface area (TPSA) is 79.8 Å². The van der Waals surface area contributed by atoms with Crippen molar-refractivity contribution in [3.05, 3.63) is 22.4 Å². The van der Waals surface area contributed by atoms with Gasteiger partial charge < -0.3 is 5.73 Å². The number of hydrogen-bond donors (Lipinski definition) is 1. The summed E-state index contributed by atoms with van der Waals surface area (Å²) in [7, 11) is 0. The summed E-state index contributed by atoms with van der Waals surface area (Å²) in [6.07, 6.45) is 0. The molecule has 5 heteroatoms. The summed E-state index contributed by atoms with van der Waals surface area (Å²) in [5, 5.41) is 9.34. The molecule has 0 fully saturated rings. The van der Waals surface area contributed by atoms with Gasteiger partial charge in [-0.2, -0.15) is 5.26 Å². The molecular formula is C12H15N3OS. The lowest BCUT2D eigenvalue weighted by atomic mass is 10.1. The van der Waals surface area contributed by atoms with Crippen molar-refractivity contribution in [2.45, 2.75) is 38.0 Å². The third kappa shape index (κ3) is 2.77. The first-order valence-corrected chi connectivity index (χ1v) is 6.10. The Hall–Kier alpha value is -1.54. The minimum Gasteiger partial charge on any atom is -0.369 e. The molecule has 2 N–H and O–H groups in total. The van der Waals surface area contributed by atoms with E-state index >= 15 is 0 Å². The second-order valence-electron chi connectivity index (χ2n) is 3.90. The number of nitrogens with two attached hydrogens (primary N) is 1. The molecule has 0 radical (unpaired) electrons. The van der Waals surface area contributed by atoms with E-state index in [1.807, 2.05) is 20.8 Å². The molecule has 1 unspecified atom stereocenters. The molecule has 4 nitrogen and oxygen atoms in total. The normalized spacial score (nSPS) is 11.9. The molecule has 1 aromatic heterocycles. The Morgan fingerprint density at radius 1 is 1.41 bits per heavy atom. The number of nitrogens with zero attached hydrogens (tertiary/aromatic N) is 2. The Balaban J connectivity index is 3.25. The van der Waals surface area contributed by atoms with Crippen LogP contribution in [0.15, 0.2) is 5.03 Å². The van der Waals surface area contributed by atoms with Crippen LogP contribution in [0.4, 0.5) is 0 Å². The first-order chi connectivity index (χ1) is 7.88. The van der Waals surface area contributed by atoms with Crippen molar-refractivity contribution in [3.8, 4) is 6.07 Å². The fourth-order valence-electron chi connectivity index (χ4n) is 1.35. The predicted octanol–water partition coefficient (Wildman–Crippen LogP) is 1.84. The number of pyridine rings is 1. The molecule has 0 saturated heterocycles. The predicted molar refractivity (Wildman–Crippen MR) is 67.7 cm³/mol. The van der Waals surface area contributed by atoms with E-state index in [9.17, 15) is 4.79 Å². The quantitative estimate of drug-likeness (QED) is 0.829. The molecule has 0 aromatic carbocycles. The van der Waals surface area contributed by atoms with E-state index < -0.39 is 11.2 Å². The van der Waals surface area contributed by atoms with E-state index in [1.54, 1.807) is 6.92 Å². The van der Waals surface area contributed by atoms with Crippen molar-refractivity contribution >= 4 is 17.7 Å². The molecule has 0 aliphatic carbocycles. The van der Waals surface area contributed by atoms with Gasteiger partial charge in [-0.3, -0.25) is 4.79 Å². The lowest BCUT2D eigenvalue weighted by molar-refractivity contribution is -0.117. The summed E-state index contributed by atoms with van der Waals surface area (Å²) in [5.74, 6) is -0.406. The number of thioether (sulfide) groups is 1. The molecule has 1 amide bonds. The van der Waals surface area contributed by atoms with E-state index in [-0.39, 0.29) is 0 Å². The number of nitriles is 1. The maximum atomic E-state index is 11.0. The molecular weight excluding hydrogens is 234 g/mol. The van der Waals surface area contributed by atoms with Crippen molar-refractivity contribution in [1.82, 2.24) is 4.98 Å². The number of aromatic nitrogens is 1. The Bertz CT molecular complexity index is 505. The molecule has 0 aliphatic rings. The Kier molecular flexibility index (Phi) is 4.13. The first-order valence-electron chi connectivity index (χ1n) is 5.22. The van der Waals surface area contributed by atoms with Gasteiger partial charge in [0.15, 0.2) is 0 Å². The van der Waals surface area contributed by atoms with Crippen molar-refractivity contribution in [1.29, 1.82) is 5.26 Å². The van der Waals surface area contributed by atoms with Crippen LogP contribution >= 0.6 is 11.8 Å². The fraction of sp³-hybridized carbons (Fsp3) is 0.417. The standard InChI is InChI=1S/C12H15N3OS/c1-6-7(2)10(5-13)12(15-8(6)3)17-9(4)11(14)16/h9H,1-4H3,(H2,14,16). The van der Waals surface area contributed by atoms with E-state index in [2.05, 4.69) is 11.1 Å². The highest BCUT2D eigenvalue weighted by molar-refractivity contribution is 8.00. The van der Waals surface area contributed by atoms with Crippen LogP contribution in [0.5, 0.6) is 0 Å². The van der Waals surface area contributed by atoms with Gasteiger partial charge in [0.05, 0.1) is 10.8 Å². The van der Waals surface area contributed by atoms with Gasteiger partial charge in [-0.1, -0.05) is 11.8 Å². The monoisotopic (exact) mass is 249 g/mol. The highest BCUT2D eigenvalue weighted by Crippen LogP contribution is 2.28. The molecule has 1 atom stereocenters. The van der Waals surface area contributed by atoms with Gasteiger partial charge in [-0.25, -0.2) is 4.98 Å². The lowest BCUT2D eigenvalue weighted by Crippen LogP contribution is -2.22. The molecule has 17 heavy (non-hydrogen) atoms. The number of carbonyl (C=O) groups excluding carboxylic acids is 1. The van der Waals surface area contributed by atoms with Gasteiger partial charge in [-0.05, 0) is 38.8 Å². The molecule has 0 bridgehead atoms. The summed E-state index contributed by atoms with van der Waals surface area (Å²) >= 11 is 1.23. The number of primary amides is 1. The third-order valence-corrected chi connectivity index (χ3v) is 3.87. The van der Waals surface area contributed by atoms with Crippen LogP contribution in [-0.2, 0) is 4.79 Å². The second-order valence-corrected chi connectivity index (χ2v) is 5.23. The van der Waals surface area contributed by atoms with Crippen LogP contribution in [0.25, 0.3) is 0 Å². The van der Waals surface area contributed by atoms with Gasteiger partial charge in [-0.15, -0.1) is 0 Å². The average molecular weight is 249 g/mol. The smallest absolute Gasteiger partial charge is 0.230 e. The Labute approximate surface area is 105 Å². The summed E-state index contributed by atoms with van der Waals surface area (Å²) < 4.78 is 0. The number of carbonyl (C=O) groups is 1. The summed E-state index contributed by atoms with van der Waals surface area (Å²) in [4.78, 5) is 15.4. The molecule has 0 saturated carbocycles. The van der Waals surface area contributed by atoms with Gasteiger partial charge in [0.1, 0.15) is 11.1 Å². The van der Waals surface area contributed by atoms with Crippen LogP contribution < -0.4 is 5.73 Å². The van der Waals surface area contributed by atoms with E-state index in [0.29, 0.717) is 10.6 Å². The lowest BCUT2D eigenvalue weighted by Gasteiger charge is -2.12. The number of hydrogen-bond acceptors (Lipinski definition) is 4. The maximum Gasteiger partial charge on any atom is 0.230 e. The minimum atomic E-state index is -0.406. The molecule has 1 aromatic rings. The van der Waals surface area contributed by atoms with Crippen molar-refractivity contribution in [2.24, 2.45) is 5.73 Å². The van der Waals surface area contributed by atoms with E-state index in [0.717, 1.165) is 16.8 Å². The molecule has 0 aliphatic heterocycles.